The molecule has 1 N–H and O–H groups in total. The molecule has 1 saturated heterocycles. The number of hydrogen-bond acceptors (Lipinski definition) is 5. The molecule has 2 rings (SSSR count). The lowest BCUT2D eigenvalue weighted by Gasteiger charge is -2.37. The maximum absolute atomic E-state index is 9.04. The molecule has 1 unspecified atom stereocenters. The Labute approximate surface area is 107 Å². The van der Waals surface area contributed by atoms with Crippen LogP contribution in [0.3, 0.4) is 0 Å². The number of aliphatic hydroxyl groups excluding tert-OH is 1. The first kappa shape index (κ1) is 12.8. The van der Waals surface area contributed by atoms with Gasteiger partial charge in [-0.15, -0.1) is 0 Å². The zero-order chi connectivity index (χ0) is 12.3. The molecule has 1 aliphatic heterocycles. The van der Waals surface area contributed by atoms with Crippen molar-refractivity contribution in [3.8, 4) is 0 Å². The standard InChI is InChI=1S/C12H21N3OS/c1-3-10(2)14-4-6-15(7-5-14)12-13-8-11(9-16)17-12/h8,10,16H,3-7,9H2,1-2H3. The third kappa shape index (κ3) is 2.97. The van der Waals surface area contributed by atoms with Crippen molar-refractivity contribution in [2.75, 3.05) is 31.1 Å². The van der Waals surface area contributed by atoms with Gasteiger partial charge in [0.25, 0.3) is 0 Å². The Morgan fingerprint density at radius 3 is 2.65 bits per heavy atom. The van der Waals surface area contributed by atoms with E-state index in [0.29, 0.717) is 6.04 Å². The van der Waals surface area contributed by atoms with E-state index >= 15 is 0 Å². The lowest BCUT2D eigenvalue weighted by molar-refractivity contribution is 0.193. The quantitative estimate of drug-likeness (QED) is 0.886. The second-order valence-corrected chi connectivity index (χ2v) is 5.64. The van der Waals surface area contributed by atoms with Gasteiger partial charge < -0.3 is 10.0 Å². The molecule has 0 saturated carbocycles. The Bertz CT molecular complexity index is 347. The summed E-state index contributed by atoms with van der Waals surface area (Å²) in [6, 6.07) is 0.682. The lowest BCUT2D eigenvalue weighted by Crippen LogP contribution is -2.49. The summed E-state index contributed by atoms with van der Waals surface area (Å²) in [6.07, 6.45) is 2.99. The second kappa shape index (κ2) is 5.80. The number of nitrogens with zero attached hydrogens (tertiary/aromatic N) is 3. The zero-order valence-corrected chi connectivity index (χ0v) is 11.4. The fraction of sp³-hybridized carbons (Fsp3) is 0.750. The summed E-state index contributed by atoms with van der Waals surface area (Å²) in [4.78, 5) is 10.2. The van der Waals surface area contributed by atoms with E-state index in [4.69, 9.17) is 5.11 Å². The summed E-state index contributed by atoms with van der Waals surface area (Å²) < 4.78 is 0. The van der Waals surface area contributed by atoms with E-state index in [1.807, 2.05) is 0 Å². The predicted octanol–water partition coefficient (Wildman–Crippen LogP) is 1.56. The molecule has 1 aromatic heterocycles. The smallest absolute Gasteiger partial charge is 0.185 e. The Hall–Kier alpha value is -0.650. The van der Waals surface area contributed by atoms with Crippen LogP contribution in [0.25, 0.3) is 0 Å². The molecule has 0 spiro atoms. The van der Waals surface area contributed by atoms with E-state index in [2.05, 4.69) is 28.6 Å². The number of aromatic nitrogens is 1. The normalized spacial score (nSPS) is 19.6. The summed E-state index contributed by atoms with van der Waals surface area (Å²) >= 11 is 1.60. The highest BCUT2D eigenvalue weighted by molar-refractivity contribution is 7.15. The number of anilines is 1. The molecule has 96 valence electrons. The van der Waals surface area contributed by atoms with Gasteiger partial charge in [-0.2, -0.15) is 0 Å². The highest BCUT2D eigenvalue weighted by Gasteiger charge is 2.21. The van der Waals surface area contributed by atoms with E-state index in [-0.39, 0.29) is 6.61 Å². The van der Waals surface area contributed by atoms with Crippen LogP contribution >= 0.6 is 11.3 Å². The Balaban J connectivity index is 1.90. The first-order valence-corrected chi connectivity index (χ1v) is 7.10. The van der Waals surface area contributed by atoms with Gasteiger partial charge in [-0.25, -0.2) is 4.98 Å². The van der Waals surface area contributed by atoms with Gasteiger partial charge in [0.05, 0.1) is 11.5 Å². The molecule has 4 nitrogen and oxygen atoms in total. The average Bonchev–Trinajstić information content (AvgIpc) is 2.87. The number of piperazine rings is 1. The summed E-state index contributed by atoms with van der Waals surface area (Å²) in [6.45, 7) is 8.95. The number of thiazole rings is 1. The summed E-state index contributed by atoms with van der Waals surface area (Å²) in [5.41, 5.74) is 0. The predicted molar refractivity (Wildman–Crippen MR) is 71.6 cm³/mol. The van der Waals surface area contributed by atoms with E-state index in [0.717, 1.165) is 36.2 Å². The summed E-state index contributed by atoms with van der Waals surface area (Å²) in [5.74, 6) is 0. The van der Waals surface area contributed by atoms with Crippen LogP contribution in [0.5, 0.6) is 0 Å². The molecule has 0 radical (unpaired) electrons. The lowest BCUT2D eigenvalue weighted by atomic mass is 10.2. The molecule has 1 aliphatic rings. The van der Waals surface area contributed by atoms with Gasteiger partial charge in [-0.05, 0) is 13.3 Å². The minimum atomic E-state index is 0.102. The largest absolute Gasteiger partial charge is 0.391 e. The fourth-order valence-electron chi connectivity index (χ4n) is 2.13. The van der Waals surface area contributed by atoms with Crippen LogP contribution in [0.4, 0.5) is 5.13 Å². The van der Waals surface area contributed by atoms with E-state index < -0.39 is 0 Å². The van der Waals surface area contributed by atoms with Gasteiger partial charge in [0.1, 0.15) is 0 Å². The van der Waals surface area contributed by atoms with Crippen LogP contribution in [0, 0.1) is 0 Å². The van der Waals surface area contributed by atoms with Crippen LogP contribution in [0.1, 0.15) is 25.1 Å². The molecule has 0 aliphatic carbocycles. The van der Waals surface area contributed by atoms with E-state index in [1.54, 1.807) is 17.5 Å². The van der Waals surface area contributed by atoms with Gasteiger partial charge in [-0.3, -0.25) is 4.90 Å². The summed E-state index contributed by atoms with van der Waals surface area (Å²) in [7, 11) is 0. The molecule has 1 atom stereocenters. The van der Waals surface area contributed by atoms with Crippen molar-refractivity contribution >= 4 is 16.5 Å². The topological polar surface area (TPSA) is 39.6 Å². The molecule has 17 heavy (non-hydrogen) atoms. The van der Waals surface area contributed by atoms with Crippen LogP contribution in [0.15, 0.2) is 6.20 Å². The highest BCUT2D eigenvalue weighted by atomic mass is 32.1. The minimum Gasteiger partial charge on any atom is -0.391 e. The maximum Gasteiger partial charge on any atom is 0.185 e. The summed E-state index contributed by atoms with van der Waals surface area (Å²) in [5, 5.41) is 10.1. The van der Waals surface area contributed by atoms with Crippen LogP contribution in [-0.2, 0) is 6.61 Å². The van der Waals surface area contributed by atoms with Crippen molar-refractivity contribution in [3.05, 3.63) is 11.1 Å². The molecule has 0 amide bonds. The van der Waals surface area contributed by atoms with Crippen LogP contribution in [0.2, 0.25) is 0 Å². The van der Waals surface area contributed by atoms with Crippen molar-refractivity contribution in [1.82, 2.24) is 9.88 Å². The maximum atomic E-state index is 9.04. The Morgan fingerprint density at radius 2 is 2.12 bits per heavy atom. The van der Waals surface area contributed by atoms with Gasteiger partial charge >= 0.3 is 0 Å². The van der Waals surface area contributed by atoms with E-state index in [9.17, 15) is 0 Å². The molecule has 0 bridgehead atoms. The molecule has 1 fully saturated rings. The van der Waals surface area contributed by atoms with Gasteiger partial charge in [0.2, 0.25) is 0 Å². The van der Waals surface area contributed by atoms with Crippen LogP contribution < -0.4 is 4.90 Å². The van der Waals surface area contributed by atoms with Gasteiger partial charge in [0, 0.05) is 38.4 Å². The van der Waals surface area contributed by atoms with Crippen molar-refractivity contribution in [3.63, 3.8) is 0 Å². The first-order valence-electron chi connectivity index (χ1n) is 6.29. The first-order chi connectivity index (χ1) is 8.24. The second-order valence-electron chi connectivity index (χ2n) is 4.55. The molecule has 1 aromatic rings. The van der Waals surface area contributed by atoms with Gasteiger partial charge in [0.15, 0.2) is 5.13 Å². The van der Waals surface area contributed by atoms with Crippen molar-refractivity contribution in [2.24, 2.45) is 0 Å². The SMILES string of the molecule is CCC(C)N1CCN(c2ncc(CO)s2)CC1. The minimum absolute atomic E-state index is 0.102. The van der Waals surface area contributed by atoms with Crippen LogP contribution in [-0.4, -0.2) is 47.2 Å². The highest BCUT2D eigenvalue weighted by Crippen LogP contribution is 2.24. The molecule has 0 aromatic carbocycles. The Kier molecular flexibility index (Phi) is 4.36. The zero-order valence-electron chi connectivity index (χ0n) is 10.6. The fourth-order valence-corrected chi connectivity index (χ4v) is 2.95. The third-order valence-corrected chi connectivity index (χ3v) is 4.54. The third-order valence-electron chi connectivity index (χ3n) is 3.50. The van der Waals surface area contributed by atoms with Crippen molar-refractivity contribution in [1.29, 1.82) is 0 Å². The van der Waals surface area contributed by atoms with E-state index in [1.165, 1.54) is 6.42 Å². The molecular weight excluding hydrogens is 234 g/mol. The number of rotatable bonds is 4. The number of hydrogen-bond donors (Lipinski definition) is 1. The molecule has 5 heteroatoms. The monoisotopic (exact) mass is 255 g/mol. The molecular formula is C12H21N3OS. The van der Waals surface area contributed by atoms with Crippen molar-refractivity contribution in [2.45, 2.75) is 32.9 Å². The number of aliphatic hydroxyl groups is 1. The molecule has 2 heterocycles. The van der Waals surface area contributed by atoms with Crippen molar-refractivity contribution < 1.29 is 5.11 Å². The van der Waals surface area contributed by atoms with Gasteiger partial charge in [-0.1, -0.05) is 18.3 Å². The average molecular weight is 255 g/mol. The Morgan fingerprint density at radius 1 is 1.41 bits per heavy atom.